The number of piperidine rings is 1. The zero-order valence-corrected chi connectivity index (χ0v) is 17.4. The Morgan fingerprint density at radius 2 is 2.17 bits per heavy atom. The lowest BCUT2D eigenvalue weighted by atomic mass is 9.70. The van der Waals surface area contributed by atoms with E-state index in [0.29, 0.717) is 30.6 Å². The Balaban J connectivity index is 1.34. The first-order valence-corrected chi connectivity index (χ1v) is 10.8. The third-order valence-electron chi connectivity index (χ3n) is 6.78. The van der Waals surface area contributed by atoms with Crippen LogP contribution in [0.5, 0.6) is 5.75 Å². The first-order chi connectivity index (χ1) is 14.1. The number of hydrogen-bond donors (Lipinski definition) is 0. The van der Waals surface area contributed by atoms with Gasteiger partial charge in [0.05, 0.1) is 6.10 Å². The van der Waals surface area contributed by atoms with Crippen LogP contribution in [0.2, 0.25) is 5.02 Å². The molecule has 3 aliphatic heterocycles. The van der Waals surface area contributed by atoms with Gasteiger partial charge in [-0.15, -0.1) is 0 Å². The van der Waals surface area contributed by atoms with Gasteiger partial charge in [-0.25, -0.2) is 4.98 Å². The number of ether oxygens (including phenoxy) is 2. The van der Waals surface area contributed by atoms with Gasteiger partial charge in [0.1, 0.15) is 23.7 Å². The highest BCUT2D eigenvalue weighted by Crippen LogP contribution is 2.53. The first kappa shape index (κ1) is 18.9. The van der Waals surface area contributed by atoms with Crippen LogP contribution in [0.1, 0.15) is 43.2 Å². The van der Waals surface area contributed by atoms with Gasteiger partial charge in [0.25, 0.3) is 0 Å². The minimum absolute atomic E-state index is 0.0297. The van der Waals surface area contributed by atoms with Gasteiger partial charge >= 0.3 is 0 Å². The van der Waals surface area contributed by atoms with E-state index in [0.717, 1.165) is 49.4 Å². The first-order valence-electron chi connectivity index (χ1n) is 10.4. The summed E-state index contributed by atoms with van der Waals surface area (Å²) in [7, 11) is 0. The number of likely N-dealkylation sites (tertiary alicyclic amines) is 1. The molecular weight excluding hydrogens is 390 g/mol. The molecule has 6 nitrogen and oxygen atoms in total. The predicted octanol–water partition coefficient (Wildman–Crippen LogP) is 3.77. The largest absolute Gasteiger partial charge is 0.486 e. The number of carbonyl (C=O) groups is 1. The normalized spacial score (nSPS) is 25.2. The van der Waals surface area contributed by atoms with Crippen molar-refractivity contribution in [2.75, 3.05) is 19.7 Å². The van der Waals surface area contributed by atoms with Crippen molar-refractivity contribution in [3.63, 3.8) is 0 Å². The minimum atomic E-state index is -0.270. The fraction of sp³-hybridized carbons (Fsp3) is 0.545. The molecule has 1 aromatic heterocycles. The molecule has 7 heteroatoms. The zero-order chi connectivity index (χ0) is 20.0. The summed E-state index contributed by atoms with van der Waals surface area (Å²) in [5.41, 5.74) is 0.801. The van der Waals surface area contributed by atoms with E-state index < -0.39 is 0 Å². The van der Waals surface area contributed by atoms with Crippen LogP contribution in [0.3, 0.4) is 0 Å². The Bertz CT molecular complexity index is 920. The molecule has 2 fully saturated rings. The molecule has 3 aliphatic rings. The van der Waals surface area contributed by atoms with E-state index in [4.69, 9.17) is 21.1 Å². The van der Waals surface area contributed by atoms with E-state index >= 15 is 0 Å². The number of aryl methyl sites for hydroxylation is 1. The van der Waals surface area contributed by atoms with Crippen molar-refractivity contribution in [1.29, 1.82) is 0 Å². The van der Waals surface area contributed by atoms with Gasteiger partial charge in [0, 0.05) is 61.4 Å². The highest BCUT2D eigenvalue weighted by molar-refractivity contribution is 6.30. The Labute approximate surface area is 175 Å². The predicted molar refractivity (Wildman–Crippen MR) is 109 cm³/mol. The van der Waals surface area contributed by atoms with Crippen LogP contribution in [0.15, 0.2) is 30.6 Å². The van der Waals surface area contributed by atoms with Gasteiger partial charge < -0.3 is 18.9 Å². The topological polar surface area (TPSA) is 56.6 Å². The quantitative estimate of drug-likeness (QED) is 0.749. The average molecular weight is 416 g/mol. The number of carbonyl (C=O) groups excluding carboxylic acids is 1. The van der Waals surface area contributed by atoms with E-state index in [1.807, 2.05) is 40.8 Å². The van der Waals surface area contributed by atoms with Gasteiger partial charge in [0.15, 0.2) is 0 Å². The molecule has 2 saturated heterocycles. The van der Waals surface area contributed by atoms with E-state index in [1.165, 1.54) is 0 Å². The monoisotopic (exact) mass is 415 g/mol. The fourth-order valence-corrected chi connectivity index (χ4v) is 5.36. The Hall–Kier alpha value is -2.05. The Kier molecular flexibility index (Phi) is 4.79. The highest BCUT2D eigenvalue weighted by atomic mass is 35.5. The average Bonchev–Trinajstić information content (AvgIpc) is 3.14. The second-order valence-corrected chi connectivity index (χ2v) is 8.81. The number of aromatic nitrogens is 2. The molecule has 4 heterocycles. The maximum absolute atomic E-state index is 12.8. The van der Waals surface area contributed by atoms with Crippen LogP contribution < -0.4 is 4.74 Å². The van der Waals surface area contributed by atoms with Crippen molar-refractivity contribution in [2.45, 2.75) is 50.9 Å². The van der Waals surface area contributed by atoms with Crippen LogP contribution in [0.25, 0.3) is 0 Å². The lowest BCUT2D eigenvalue weighted by Crippen LogP contribution is -2.58. The molecule has 154 valence electrons. The van der Waals surface area contributed by atoms with Crippen molar-refractivity contribution < 1.29 is 14.3 Å². The molecule has 1 aromatic carbocycles. The molecule has 0 radical (unpaired) electrons. The van der Waals surface area contributed by atoms with Crippen molar-refractivity contribution in [1.82, 2.24) is 14.5 Å². The molecule has 0 bridgehead atoms. The molecule has 0 aliphatic carbocycles. The summed E-state index contributed by atoms with van der Waals surface area (Å²) in [5, 5.41) is 0.714. The lowest BCUT2D eigenvalue weighted by Gasteiger charge is -2.53. The summed E-state index contributed by atoms with van der Waals surface area (Å²) < 4.78 is 14.8. The second kappa shape index (κ2) is 7.33. The molecule has 2 atom stereocenters. The molecule has 2 aromatic rings. The van der Waals surface area contributed by atoms with E-state index in [-0.39, 0.29) is 17.6 Å². The molecule has 0 N–H and O–H groups in total. The molecule has 0 saturated carbocycles. The van der Waals surface area contributed by atoms with Crippen LogP contribution in [-0.4, -0.2) is 45.7 Å². The van der Waals surface area contributed by atoms with Crippen molar-refractivity contribution >= 4 is 17.5 Å². The van der Waals surface area contributed by atoms with Crippen molar-refractivity contribution in [3.8, 4) is 5.75 Å². The Morgan fingerprint density at radius 1 is 1.34 bits per heavy atom. The maximum Gasteiger partial charge on any atom is 0.242 e. The smallest absolute Gasteiger partial charge is 0.242 e. The maximum atomic E-state index is 12.8. The number of imidazole rings is 1. The third kappa shape index (κ3) is 3.32. The lowest BCUT2D eigenvalue weighted by molar-refractivity contribution is -0.157. The van der Waals surface area contributed by atoms with Gasteiger partial charge in [-0.2, -0.15) is 0 Å². The number of halogens is 1. The zero-order valence-electron chi connectivity index (χ0n) is 16.6. The fourth-order valence-electron chi connectivity index (χ4n) is 5.18. The molecular formula is C22H26ClN3O3. The number of hydrogen-bond acceptors (Lipinski definition) is 4. The molecule has 5 rings (SSSR count). The summed E-state index contributed by atoms with van der Waals surface area (Å²) in [6.45, 7) is 4.45. The number of nitrogens with zero attached hydrogens (tertiary/aromatic N) is 3. The second-order valence-electron chi connectivity index (χ2n) is 8.37. The van der Waals surface area contributed by atoms with Crippen LogP contribution >= 0.6 is 11.6 Å². The number of fused-ring (bicyclic) bond motifs is 4. The highest BCUT2D eigenvalue weighted by Gasteiger charge is 2.52. The van der Waals surface area contributed by atoms with Crippen LogP contribution in [0.4, 0.5) is 0 Å². The van der Waals surface area contributed by atoms with Crippen molar-refractivity contribution in [3.05, 3.63) is 47.0 Å². The summed E-state index contributed by atoms with van der Waals surface area (Å²) >= 11 is 6.25. The molecule has 1 spiro atoms. The van der Waals surface area contributed by atoms with Crippen molar-refractivity contribution in [2.24, 2.45) is 5.92 Å². The summed E-state index contributed by atoms with van der Waals surface area (Å²) in [6.07, 6.45) is 7.40. The van der Waals surface area contributed by atoms with Gasteiger partial charge in [-0.3, -0.25) is 4.79 Å². The minimum Gasteiger partial charge on any atom is -0.486 e. The SMILES string of the molecule is Cc1nccn1CC(=O)N1CCC2(CC1)Oc1ccc(Cl)cc1[C@H]1OCCC[C@@H]12. The van der Waals surface area contributed by atoms with Gasteiger partial charge in [-0.05, 0) is 38.0 Å². The third-order valence-corrected chi connectivity index (χ3v) is 7.02. The molecule has 1 amide bonds. The number of rotatable bonds is 2. The summed E-state index contributed by atoms with van der Waals surface area (Å²) in [4.78, 5) is 19.0. The summed E-state index contributed by atoms with van der Waals surface area (Å²) in [6, 6.07) is 5.83. The Morgan fingerprint density at radius 3 is 2.93 bits per heavy atom. The molecule has 29 heavy (non-hydrogen) atoms. The van der Waals surface area contributed by atoms with Gasteiger partial charge in [0.2, 0.25) is 5.91 Å². The van der Waals surface area contributed by atoms with Crippen LogP contribution in [0, 0.1) is 12.8 Å². The molecule has 0 unspecified atom stereocenters. The number of amides is 1. The standard InChI is InChI=1S/C22H26ClN3O3/c1-15-24-8-11-26(15)14-20(27)25-9-6-22(7-10-25)18-3-2-12-28-21(18)17-13-16(23)4-5-19(17)29-22/h4-5,8,11,13,18,21H,2-3,6-7,9-10,12,14H2,1H3/t18-,21+/m0/s1. The van der Waals surface area contributed by atoms with E-state index in [2.05, 4.69) is 4.98 Å². The van der Waals surface area contributed by atoms with E-state index in [1.54, 1.807) is 6.20 Å². The van der Waals surface area contributed by atoms with Crippen LogP contribution in [-0.2, 0) is 16.1 Å². The number of benzene rings is 1. The van der Waals surface area contributed by atoms with Gasteiger partial charge in [-0.1, -0.05) is 11.6 Å². The summed E-state index contributed by atoms with van der Waals surface area (Å²) in [5.74, 6) is 2.18. The van der Waals surface area contributed by atoms with E-state index in [9.17, 15) is 4.79 Å².